The lowest BCUT2D eigenvalue weighted by Crippen LogP contribution is -2.21. The van der Waals surface area contributed by atoms with E-state index in [2.05, 4.69) is 5.32 Å². The summed E-state index contributed by atoms with van der Waals surface area (Å²) in [7, 11) is 0.660. The van der Waals surface area contributed by atoms with Crippen molar-refractivity contribution in [2.24, 2.45) is 0 Å². The van der Waals surface area contributed by atoms with E-state index in [1.807, 2.05) is 55.5 Å². The average Bonchev–Trinajstić information content (AvgIpc) is 2.57. The van der Waals surface area contributed by atoms with Gasteiger partial charge in [0, 0.05) is 22.7 Å². The molecule has 0 aliphatic carbocycles. The van der Waals surface area contributed by atoms with Crippen LogP contribution in [0, 0.1) is 0 Å². The maximum Gasteiger partial charge on any atom is 0.231 e. The smallest absolute Gasteiger partial charge is 0.231 e. The monoisotopic (exact) mass is 345 g/mol. The summed E-state index contributed by atoms with van der Waals surface area (Å²) < 4.78 is 16.7. The van der Waals surface area contributed by atoms with Crippen LogP contribution in [-0.4, -0.2) is 23.5 Å². The summed E-state index contributed by atoms with van der Waals surface area (Å²) in [6.07, 6.45) is 2.35. The van der Waals surface area contributed by atoms with Gasteiger partial charge >= 0.3 is 0 Å². The van der Waals surface area contributed by atoms with E-state index in [0.717, 1.165) is 22.6 Å². The molecule has 2 rings (SSSR count). The van der Waals surface area contributed by atoms with Crippen molar-refractivity contribution in [2.45, 2.75) is 25.0 Å². The van der Waals surface area contributed by atoms with Gasteiger partial charge in [-0.1, -0.05) is 37.3 Å². The summed E-state index contributed by atoms with van der Waals surface area (Å²) in [6.45, 7) is 1.99. The Labute approximate surface area is 145 Å². The van der Waals surface area contributed by atoms with Gasteiger partial charge in [0.1, 0.15) is 5.75 Å². The third-order valence-electron chi connectivity index (χ3n) is 3.88. The molecule has 2 aromatic rings. The molecule has 0 heterocycles. The second kappa shape index (κ2) is 8.64. The minimum absolute atomic E-state index is 0.0583. The molecular formula is C19H23NO3S. The molecule has 0 bridgehead atoms. The topological polar surface area (TPSA) is 55.4 Å². The Morgan fingerprint density at radius 1 is 1.17 bits per heavy atom. The number of hydrogen-bond donors (Lipinski definition) is 1. The normalized spacial score (nSPS) is 13.1. The maximum atomic E-state index is 12.7. The Morgan fingerprint density at radius 3 is 2.42 bits per heavy atom. The van der Waals surface area contributed by atoms with Crippen LogP contribution in [0.3, 0.4) is 0 Å². The lowest BCUT2D eigenvalue weighted by Gasteiger charge is -2.17. The van der Waals surface area contributed by atoms with Gasteiger partial charge < -0.3 is 10.1 Å². The number of ether oxygens (including phenoxy) is 1. The Bertz CT molecular complexity index is 713. The van der Waals surface area contributed by atoms with Crippen LogP contribution < -0.4 is 10.1 Å². The minimum atomic E-state index is -0.959. The van der Waals surface area contributed by atoms with Crippen molar-refractivity contribution in [3.8, 4) is 5.75 Å². The molecule has 128 valence electrons. The standard InChI is InChI=1S/C19H23NO3S/c1-4-17(14-9-11-16(23-2)12-10-14)19(21)20-18-8-6-5-7-15(18)13-24(3)22/h5-12,17H,4,13H2,1-3H3,(H,20,21)/t17-,24+/m0/s1. The van der Waals surface area contributed by atoms with Crippen LogP contribution in [0.1, 0.15) is 30.4 Å². The number of methoxy groups -OCH3 is 1. The number of para-hydroxylation sites is 1. The molecule has 0 aromatic heterocycles. The van der Waals surface area contributed by atoms with Crippen molar-refractivity contribution >= 4 is 22.4 Å². The van der Waals surface area contributed by atoms with Crippen molar-refractivity contribution in [3.05, 3.63) is 59.7 Å². The summed E-state index contributed by atoms with van der Waals surface area (Å²) in [6, 6.07) is 15.1. The van der Waals surface area contributed by atoms with Gasteiger partial charge in [-0.05, 0) is 35.7 Å². The summed E-state index contributed by atoms with van der Waals surface area (Å²) >= 11 is 0. The largest absolute Gasteiger partial charge is 0.497 e. The van der Waals surface area contributed by atoms with E-state index in [9.17, 15) is 9.00 Å². The second-order valence-corrected chi connectivity index (χ2v) is 7.03. The Kier molecular flexibility index (Phi) is 6.55. The highest BCUT2D eigenvalue weighted by Gasteiger charge is 2.19. The molecule has 1 amide bonds. The van der Waals surface area contributed by atoms with Gasteiger partial charge in [0.25, 0.3) is 0 Å². The summed E-state index contributed by atoms with van der Waals surface area (Å²) in [4.78, 5) is 12.7. The Morgan fingerprint density at radius 2 is 1.83 bits per heavy atom. The molecular weight excluding hydrogens is 322 g/mol. The van der Waals surface area contributed by atoms with Gasteiger partial charge in [0.05, 0.1) is 18.8 Å². The number of amides is 1. The summed E-state index contributed by atoms with van der Waals surface area (Å²) in [5, 5.41) is 2.99. The number of rotatable bonds is 7. The van der Waals surface area contributed by atoms with E-state index in [1.165, 1.54) is 0 Å². The van der Waals surface area contributed by atoms with Crippen LogP contribution in [-0.2, 0) is 21.3 Å². The van der Waals surface area contributed by atoms with Crippen molar-refractivity contribution in [1.29, 1.82) is 0 Å². The van der Waals surface area contributed by atoms with Crippen LogP contribution in [0.15, 0.2) is 48.5 Å². The first-order chi connectivity index (χ1) is 11.5. The van der Waals surface area contributed by atoms with Crippen LogP contribution in [0.25, 0.3) is 0 Å². The molecule has 0 aliphatic rings. The molecule has 5 heteroatoms. The maximum absolute atomic E-state index is 12.7. The van der Waals surface area contributed by atoms with Gasteiger partial charge in [-0.2, -0.15) is 0 Å². The number of nitrogens with one attached hydrogen (secondary N) is 1. The SMILES string of the molecule is CC[C@H](C(=O)Nc1ccccc1C[S@@](C)=O)c1ccc(OC)cc1. The van der Waals surface area contributed by atoms with Gasteiger partial charge in [0.2, 0.25) is 5.91 Å². The van der Waals surface area contributed by atoms with Crippen molar-refractivity contribution in [2.75, 3.05) is 18.7 Å². The Balaban J connectivity index is 2.19. The zero-order valence-electron chi connectivity index (χ0n) is 14.2. The Hall–Kier alpha value is -2.14. The zero-order valence-corrected chi connectivity index (χ0v) is 15.1. The molecule has 0 spiro atoms. The number of carbonyl (C=O) groups excluding carboxylic acids is 1. The lowest BCUT2D eigenvalue weighted by molar-refractivity contribution is -0.117. The first-order valence-corrected chi connectivity index (χ1v) is 9.60. The average molecular weight is 345 g/mol. The number of carbonyl (C=O) groups is 1. The molecule has 1 N–H and O–H groups in total. The molecule has 2 aromatic carbocycles. The highest BCUT2D eigenvalue weighted by molar-refractivity contribution is 7.83. The lowest BCUT2D eigenvalue weighted by atomic mass is 9.95. The van der Waals surface area contributed by atoms with Crippen LogP contribution >= 0.6 is 0 Å². The predicted octanol–water partition coefficient (Wildman–Crippen LogP) is 3.71. The first kappa shape index (κ1) is 18.2. The third-order valence-corrected chi connectivity index (χ3v) is 4.59. The highest BCUT2D eigenvalue weighted by Crippen LogP contribution is 2.25. The molecule has 4 nitrogen and oxygen atoms in total. The highest BCUT2D eigenvalue weighted by atomic mass is 32.2. The molecule has 0 saturated heterocycles. The molecule has 24 heavy (non-hydrogen) atoms. The predicted molar refractivity (Wildman–Crippen MR) is 98.9 cm³/mol. The van der Waals surface area contributed by atoms with Gasteiger partial charge in [0.15, 0.2) is 0 Å². The van der Waals surface area contributed by atoms with Crippen molar-refractivity contribution in [1.82, 2.24) is 0 Å². The van der Waals surface area contributed by atoms with Gasteiger partial charge in [-0.25, -0.2) is 0 Å². The molecule has 0 unspecified atom stereocenters. The van der Waals surface area contributed by atoms with E-state index in [4.69, 9.17) is 4.74 Å². The van der Waals surface area contributed by atoms with Crippen LogP contribution in [0.4, 0.5) is 5.69 Å². The molecule has 0 radical (unpaired) electrons. The second-order valence-electron chi connectivity index (χ2n) is 5.60. The number of hydrogen-bond acceptors (Lipinski definition) is 3. The zero-order chi connectivity index (χ0) is 17.5. The van der Waals surface area contributed by atoms with E-state index >= 15 is 0 Å². The van der Waals surface area contributed by atoms with E-state index < -0.39 is 10.8 Å². The fraction of sp³-hybridized carbons (Fsp3) is 0.316. The molecule has 0 aliphatic heterocycles. The third kappa shape index (κ3) is 4.68. The summed E-state index contributed by atoms with van der Waals surface area (Å²) in [5.41, 5.74) is 2.56. The van der Waals surface area contributed by atoms with E-state index in [-0.39, 0.29) is 11.8 Å². The molecule has 0 fully saturated rings. The van der Waals surface area contributed by atoms with E-state index in [1.54, 1.807) is 13.4 Å². The van der Waals surface area contributed by atoms with E-state index in [0.29, 0.717) is 12.2 Å². The van der Waals surface area contributed by atoms with Crippen LogP contribution in [0.2, 0.25) is 0 Å². The first-order valence-electron chi connectivity index (χ1n) is 7.88. The van der Waals surface area contributed by atoms with Crippen molar-refractivity contribution < 1.29 is 13.7 Å². The minimum Gasteiger partial charge on any atom is -0.497 e. The van der Waals surface area contributed by atoms with Crippen LogP contribution in [0.5, 0.6) is 5.75 Å². The van der Waals surface area contributed by atoms with Crippen molar-refractivity contribution in [3.63, 3.8) is 0 Å². The number of anilines is 1. The number of benzene rings is 2. The quantitative estimate of drug-likeness (QED) is 0.832. The fourth-order valence-electron chi connectivity index (χ4n) is 2.62. The van der Waals surface area contributed by atoms with Gasteiger partial charge in [-0.3, -0.25) is 9.00 Å². The van der Waals surface area contributed by atoms with Gasteiger partial charge in [-0.15, -0.1) is 0 Å². The summed E-state index contributed by atoms with van der Waals surface area (Å²) in [5.74, 6) is 0.897. The fourth-order valence-corrected chi connectivity index (χ4v) is 3.31. The molecule has 0 saturated carbocycles. The molecule has 2 atom stereocenters.